The number of esters is 2. The Morgan fingerprint density at radius 3 is 1.39 bits per heavy atom. The van der Waals surface area contributed by atoms with Gasteiger partial charge in [0.25, 0.3) is 0 Å². The largest absolute Gasteiger partial charge is 0.458 e. The highest BCUT2D eigenvalue weighted by Crippen LogP contribution is 2.25. The monoisotopic (exact) mass is 382 g/mol. The third kappa shape index (κ3) is 6.22. The molecule has 28 heavy (non-hydrogen) atoms. The summed E-state index contributed by atoms with van der Waals surface area (Å²) in [6.45, 7) is 6.11. The quantitative estimate of drug-likeness (QED) is 0.497. The lowest BCUT2D eigenvalue weighted by Crippen LogP contribution is -2.36. The van der Waals surface area contributed by atoms with Crippen LogP contribution < -0.4 is 0 Å². The zero-order chi connectivity index (χ0) is 20.4. The number of carbonyl (C=O) groups is 2. The van der Waals surface area contributed by atoms with E-state index in [1.807, 2.05) is 43.3 Å². The fourth-order valence-corrected chi connectivity index (χ4v) is 3.23. The van der Waals surface area contributed by atoms with Crippen molar-refractivity contribution in [2.75, 3.05) is 0 Å². The van der Waals surface area contributed by atoms with Crippen LogP contribution in [0.15, 0.2) is 60.7 Å². The maximum atomic E-state index is 12.5. The van der Waals surface area contributed by atoms with Gasteiger partial charge in [-0.1, -0.05) is 70.0 Å². The van der Waals surface area contributed by atoms with Crippen molar-refractivity contribution in [3.63, 3.8) is 0 Å². The lowest BCUT2D eigenvalue weighted by molar-refractivity contribution is -0.0328. The van der Waals surface area contributed by atoms with E-state index in [0.29, 0.717) is 11.1 Å². The molecule has 0 aliphatic heterocycles. The van der Waals surface area contributed by atoms with E-state index >= 15 is 0 Å². The molecule has 4 nitrogen and oxygen atoms in total. The first kappa shape index (κ1) is 21.7. The number of hydrogen-bond donors (Lipinski definition) is 0. The molecule has 150 valence electrons. The van der Waals surface area contributed by atoms with Gasteiger partial charge in [0, 0.05) is 5.92 Å². The van der Waals surface area contributed by atoms with Crippen LogP contribution in [-0.2, 0) is 9.47 Å². The Balaban J connectivity index is 2.11. The molecule has 0 aliphatic rings. The van der Waals surface area contributed by atoms with Crippen LogP contribution in [0.2, 0.25) is 0 Å². The van der Waals surface area contributed by atoms with E-state index in [0.717, 1.165) is 25.7 Å². The van der Waals surface area contributed by atoms with E-state index < -0.39 is 0 Å². The second-order valence-corrected chi connectivity index (χ2v) is 7.06. The van der Waals surface area contributed by atoms with Crippen molar-refractivity contribution >= 4 is 11.9 Å². The molecule has 0 saturated carbocycles. The van der Waals surface area contributed by atoms with Crippen molar-refractivity contribution in [3.8, 4) is 0 Å². The molecule has 0 aromatic heterocycles. The SMILES string of the molecule is CCCC(OC(=O)c1ccccc1)C(C)C(CCC)OC(=O)c1ccccc1. The van der Waals surface area contributed by atoms with Gasteiger partial charge in [-0.3, -0.25) is 0 Å². The van der Waals surface area contributed by atoms with E-state index in [-0.39, 0.29) is 30.1 Å². The average molecular weight is 383 g/mol. The van der Waals surface area contributed by atoms with Gasteiger partial charge in [-0.05, 0) is 37.1 Å². The highest BCUT2D eigenvalue weighted by Gasteiger charge is 2.31. The summed E-state index contributed by atoms with van der Waals surface area (Å²) in [6.07, 6.45) is 2.59. The van der Waals surface area contributed by atoms with Crippen LogP contribution in [0, 0.1) is 5.92 Å². The van der Waals surface area contributed by atoms with Gasteiger partial charge in [-0.15, -0.1) is 0 Å². The van der Waals surface area contributed by atoms with Gasteiger partial charge < -0.3 is 9.47 Å². The predicted molar refractivity (Wildman–Crippen MR) is 110 cm³/mol. The topological polar surface area (TPSA) is 52.6 Å². The van der Waals surface area contributed by atoms with E-state index in [4.69, 9.17) is 9.47 Å². The highest BCUT2D eigenvalue weighted by atomic mass is 16.6. The molecular weight excluding hydrogens is 352 g/mol. The maximum Gasteiger partial charge on any atom is 0.338 e. The van der Waals surface area contributed by atoms with E-state index in [1.165, 1.54) is 0 Å². The molecule has 0 aliphatic carbocycles. The van der Waals surface area contributed by atoms with Gasteiger partial charge in [-0.2, -0.15) is 0 Å². The van der Waals surface area contributed by atoms with E-state index in [2.05, 4.69) is 13.8 Å². The number of rotatable bonds is 10. The second-order valence-electron chi connectivity index (χ2n) is 7.06. The Hall–Kier alpha value is -2.62. The van der Waals surface area contributed by atoms with Crippen LogP contribution in [0.3, 0.4) is 0 Å². The normalized spacial score (nSPS) is 14.0. The summed E-state index contributed by atoms with van der Waals surface area (Å²) in [7, 11) is 0. The van der Waals surface area contributed by atoms with E-state index in [9.17, 15) is 9.59 Å². The molecular formula is C24H30O4. The molecule has 2 atom stereocenters. The predicted octanol–water partition coefficient (Wildman–Crippen LogP) is 5.67. The number of carbonyl (C=O) groups excluding carboxylic acids is 2. The van der Waals surface area contributed by atoms with Gasteiger partial charge in [0.1, 0.15) is 12.2 Å². The summed E-state index contributed by atoms with van der Waals surface area (Å²) < 4.78 is 11.6. The van der Waals surface area contributed by atoms with E-state index in [1.54, 1.807) is 24.3 Å². The molecule has 0 N–H and O–H groups in total. The fourth-order valence-electron chi connectivity index (χ4n) is 3.23. The summed E-state index contributed by atoms with van der Waals surface area (Å²) in [5.41, 5.74) is 1.06. The smallest absolute Gasteiger partial charge is 0.338 e. The molecule has 0 fully saturated rings. The van der Waals surface area contributed by atoms with Gasteiger partial charge in [0.05, 0.1) is 11.1 Å². The molecule has 0 heterocycles. The Bertz CT molecular complexity index is 663. The molecule has 0 bridgehead atoms. The molecule has 2 aromatic rings. The summed E-state index contributed by atoms with van der Waals surface area (Å²) in [5.74, 6) is -0.772. The summed E-state index contributed by atoms with van der Waals surface area (Å²) >= 11 is 0. The lowest BCUT2D eigenvalue weighted by atomic mass is 9.91. The minimum atomic E-state index is -0.337. The van der Waals surface area contributed by atoms with Crippen LogP contribution in [0.4, 0.5) is 0 Å². The number of ether oxygens (including phenoxy) is 2. The Labute approximate surface area is 167 Å². The fraction of sp³-hybridized carbons (Fsp3) is 0.417. The molecule has 2 rings (SSSR count). The Morgan fingerprint density at radius 1 is 0.714 bits per heavy atom. The molecule has 0 spiro atoms. The summed E-state index contributed by atoms with van der Waals surface area (Å²) in [5, 5.41) is 0. The first-order valence-corrected chi connectivity index (χ1v) is 10.1. The van der Waals surface area contributed by atoms with Crippen molar-refractivity contribution in [2.24, 2.45) is 5.92 Å². The standard InChI is InChI=1S/C24H30O4/c1-4-12-21(27-23(25)19-14-8-6-9-15-19)18(3)22(13-5-2)28-24(26)20-16-10-7-11-17-20/h6-11,14-18,21-22H,4-5,12-13H2,1-3H3. The molecule has 2 unspecified atom stereocenters. The van der Waals surface area contributed by atoms with Crippen molar-refractivity contribution in [1.29, 1.82) is 0 Å². The minimum absolute atomic E-state index is 0.0970. The molecule has 0 saturated heterocycles. The highest BCUT2D eigenvalue weighted by molar-refractivity contribution is 5.90. The summed E-state index contributed by atoms with van der Waals surface area (Å²) in [4.78, 5) is 25.1. The Kier molecular flexibility index (Phi) is 8.73. The Morgan fingerprint density at radius 2 is 1.07 bits per heavy atom. The van der Waals surface area contributed by atoms with Crippen LogP contribution in [-0.4, -0.2) is 24.1 Å². The third-order valence-electron chi connectivity index (χ3n) is 4.86. The van der Waals surface area contributed by atoms with Gasteiger partial charge in [0.2, 0.25) is 0 Å². The van der Waals surface area contributed by atoms with Crippen molar-refractivity contribution in [3.05, 3.63) is 71.8 Å². The van der Waals surface area contributed by atoms with Crippen molar-refractivity contribution < 1.29 is 19.1 Å². The van der Waals surface area contributed by atoms with Crippen LogP contribution >= 0.6 is 0 Å². The number of hydrogen-bond acceptors (Lipinski definition) is 4. The first-order valence-electron chi connectivity index (χ1n) is 10.1. The van der Waals surface area contributed by atoms with Crippen LogP contribution in [0.1, 0.15) is 67.2 Å². The van der Waals surface area contributed by atoms with Crippen molar-refractivity contribution in [2.45, 2.75) is 58.7 Å². The van der Waals surface area contributed by atoms with Gasteiger partial charge in [-0.25, -0.2) is 9.59 Å². The molecule has 4 heteroatoms. The van der Waals surface area contributed by atoms with Gasteiger partial charge in [0.15, 0.2) is 0 Å². The van der Waals surface area contributed by atoms with Crippen LogP contribution in [0.5, 0.6) is 0 Å². The minimum Gasteiger partial charge on any atom is -0.458 e. The third-order valence-corrected chi connectivity index (χ3v) is 4.86. The number of benzene rings is 2. The van der Waals surface area contributed by atoms with Gasteiger partial charge >= 0.3 is 11.9 Å². The first-order chi connectivity index (χ1) is 13.6. The average Bonchev–Trinajstić information content (AvgIpc) is 2.73. The molecule has 2 aromatic carbocycles. The lowest BCUT2D eigenvalue weighted by Gasteiger charge is -2.30. The molecule has 0 radical (unpaired) electrons. The zero-order valence-electron chi connectivity index (χ0n) is 17.0. The maximum absolute atomic E-state index is 12.5. The summed E-state index contributed by atoms with van der Waals surface area (Å²) in [6, 6.07) is 18.0. The van der Waals surface area contributed by atoms with Crippen LogP contribution in [0.25, 0.3) is 0 Å². The molecule has 0 amide bonds. The van der Waals surface area contributed by atoms with Crippen molar-refractivity contribution in [1.82, 2.24) is 0 Å². The second kappa shape index (κ2) is 11.3. The zero-order valence-corrected chi connectivity index (χ0v) is 17.0.